The predicted octanol–water partition coefficient (Wildman–Crippen LogP) is 0.605. The molecule has 0 spiro atoms. The first-order valence-corrected chi connectivity index (χ1v) is 4.15. The third-order valence-corrected chi connectivity index (χ3v) is 2.90. The SMILES string of the molecule is CN1CCCC1C1(O)CC1. The molecular weight excluding hydrogens is 126 g/mol. The van der Waals surface area contributed by atoms with Crippen LogP contribution in [-0.4, -0.2) is 35.2 Å². The standard InChI is InChI=1S/C8H15NO/c1-9-6-2-3-7(9)8(10)4-5-8/h7,10H,2-6H2,1H3. The van der Waals surface area contributed by atoms with Crippen LogP contribution in [0.15, 0.2) is 0 Å². The molecule has 1 aliphatic heterocycles. The van der Waals surface area contributed by atoms with E-state index < -0.39 is 0 Å². The van der Waals surface area contributed by atoms with E-state index in [0.717, 1.165) is 12.8 Å². The summed E-state index contributed by atoms with van der Waals surface area (Å²) in [6, 6.07) is 0.479. The van der Waals surface area contributed by atoms with Gasteiger partial charge < -0.3 is 10.0 Å². The number of rotatable bonds is 1. The average molecular weight is 141 g/mol. The maximum Gasteiger partial charge on any atom is 0.0804 e. The second-order valence-corrected chi connectivity index (χ2v) is 3.74. The van der Waals surface area contributed by atoms with E-state index in [-0.39, 0.29) is 5.60 Å². The molecule has 0 radical (unpaired) electrons. The summed E-state index contributed by atoms with van der Waals surface area (Å²) in [7, 11) is 2.12. The lowest BCUT2D eigenvalue weighted by Crippen LogP contribution is -2.37. The maximum atomic E-state index is 9.76. The molecule has 2 fully saturated rings. The molecule has 1 aliphatic carbocycles. The molecule has 1 heterocycles. The van der Waals surface area contributed by atoms with Gasteiger partial charge in [0.1, 0.15) is 0 Å². The molecule has 0 bridgehead atoms. The van der Waals surface area contributed by atoms with Gasteiger partial charge in [-0.25, -0.2) is 0 Å². The molecule has 2 rings (SSSR count). The van der Waals surface area contributed by atoms with Gasteiger partial charge in [-0.15, -0.1) is 0 Å². The van der Waals surface area contributed by atoms with Crippen molar-refractivity contribution in [2.45, 2.75) is 37.3 Å². The fourth-order valence-electron chi connectivity index (χ4n) is 2.05. The van der Waals surface area contributed by atoms with E-state index >= 15 is 0 Å². The highest BCUT2D eigenvalue weighted by Crippen LogP contribution is 2.43. The number of hydrogen-bond acceptors (Lipinski definition) is 2. The van der Waals surface area contributed by atoms with E-state index in [1.807, 2.05) is 0 Å². The third-order valence-electron chi connectivity index (χ3n) is 2.90. The van der Waals surface area contributed by atoms with Gasteiger partial charge in [0.25, 0.3) is 0 Å². The number of likely N-dealkylation sites (tertiary alicyclic amines) is 1. The van der Waals surface area contributed by atoms with Crippen LogP contribution >= 0.6 is 0 Å². The Balaban J connectivity index is 2.03. The molecule has 10 heavy (non-hydrogen) atoms. The summed E-state index contributed by atoms with van der Waals surface area (Å²) in [5, 5.41) is 9.76. The highest BCUT2D eigenvalue weighted by Gasteiger charge is 2.50. The largest absolute Gasteiger partial charge is 0.388 e. The summed E-state index contributed by atoms with van der Waals surface area (Å²) in [5.74, 6) is 0. The summed E-state index contributed by atoms with van der Waals surface area (Å²) in [6.45, 7) is 1.17. The van der Waals surface area contributed by atoms with Gasteiger partial charge in [-0.05, 0) is 39.3 Å². The summed E-state index contributed by atoms with van der Waals surface area (Å²) >= 11 is 0. The van der Waals surface area contributed by atoms with Crippen LogP contribution in [0.5, 0.6) is 0 Å². The van der Waals surface area contributed by atoms with Crippen molar-refractivity contribution in [2.24, 2.45) is 0 Å². The van der Waals surface area contributed by atoms with Crippen molar-refractivity contribution in [3.8, 4) is 0 Å². The second kappa shape index (κ2) is 1.95. The molecule has 58 valence electrons. The summed E-state index contributed by atoms with van der Waals surface area (Å²) in [5.41, 5.74) is -0.273. The smallest absolute Gasteiger partial charge is 0.0804 e. The minimum Gasteiger partial charge on any atom is -0.388 e. The fourth-order valence-corrected chi connectivity index (χ4v) is 2.05. The fraction of sp³-hybridized carbons (Fsp3) is 1.00. The van der Waals surface area contributed by atoms with Crippen molar-refractivity contribution in [3.63, 3.8) is 0 Å². The Hall–Kier alpha value is -0.0800. The van der Waals surface area contributed by atoms with Crippen LogP contribution in [0.3, 0.4) is 0 Å². The number of likely N-dealkylation sites (N-methyl/N-ethyl adjacent to an activating group) is 1. The van der Waals surface area contributed by atoms with E-state index in [0.29, 0.717) is 6.04 Å². The Morgan fingerprint density at radius 2 is 2.20 bits per heavy atom. The topological polar surface area (TPSA) is 23.5 Å². The lowest BCUT2D eigenvalue weighted by atomic mass is 10.1. The van der Waals surface area contributed by atoms with E-state index in [4.69, 9.17) is 0 Å². The Morgan fingerprint density at radius 1 is 1.50 bits per heavy atom. The average Bonchev–Trinajstić information content (AvgIpc) is 2.44. The number of aliphatic hydroxyl groups is 1. The van der Waals surface area contributed by atoms with Gasteiger partial charge >= 0.3 is 0 Å². The zero-order valence-corrected chi connectivity index (χ0v) is 6.51. The molecule has 1 unspecified atom stereocenters. The van der Waals surface area contributed by atoms with Gasteiger partial charge in [0.05, 0.1) is 5.60 Å². The van der Waals surface area contributed by atoms with Crippen LogP contribution in [0, 0.1) is 0 Å². The summed E-state index contributed by atoms with van der Waals surface area (Å²) < 4.78 is 0. The monoisotopic (exact) mass is 141 g/mol. The number of hydrogen-bond donors (Lipinski definition) is 1. The predicted molar refractivity (Wildman–Crippen MR) is 39.8 cm³/mol. The van der Waals surface area contributed by atoms with Crippen molar-refractivity contribution in [1.82, 2.24) is 4.90 Å². The molecule has 1 atom stereocenters. The highest BCUT2D eigenvalue weighted by atomic mass is 16.3. The Kier molecular flexibility index (Phi) is 1.29. The molecule has 1 N–H and O–H groups in total. The van der Waals surface area contributed by atoms with Crippen LogP contribution in [-0.2, 0) is 0 Å². The van der Waals surface area contributed by atoms with E-state index in [9.17, 15) is 5.11 Å². The maximum absolute atomic E-state index is 9.76. The van der Waals surface area contributed by atoms with Crippen molar-refractivity contribution in [3.05, 3.63) is 0 Å². The first-order valence-electron chi connectivity index (χ1n) is 4.15. The van der Waals surface area contributed by atoms with Crippen LogP contribution < -0.4 is 0 Å². The van der Waals surface area contributed by atoms with Gasteiger partial charge in [0, 0.05) is 6.04 Å². The molecule has 1 saturated heterocycles. The zero-order valence-electron chi connectivity index (χ0n) is 6.51. The first-order chi connectivity index (χ1) is 4.72. The van der Waals surface area contributed by atoms with Crippen LogP contribution in [0.1, 0.15) is 25.7 Å². The van der Waals surface area contributed by atoms with E-state index in [2.05, 4.69) is 11.9 Å². The van der Waals surface area contributed by atoms with Gasteiger partial charge in [-0.3, -0.25) is 0 Å². The van der Waals surface area contributed by atoms with Crippen molar-refractivity contribution < 1.29 is 5.11 Å². The molecule has 2 heteroatoms. The lowest BCUT2D eigenvalue weighted by Gasteiger charge is -2.24. The lowest BCUT2D eigenvalue weighted by molar-refractivity contribution is 0.0631. The number of nitrogens with zero attached hydrogens (tertiary/aromatic N) is 1. The zero-order chi connectivity index (χ0) is 7.19. The highest BCUT2D eigenvalue weighted by molar-refractivity contribution is 5.05. The molecule has 0 aromatic rings. The molecule has 2 aliphatic rings. The van der Waals surface area contributed by atoms with Crippen molar-refractivity contribution in [1.29, 1.82) is 0 Å². The normalized spacial score (nSPS) is 38.4. The van der Waals surface area contributed by atoms with Crippen LogP contribution in [0.4, 0.5) is 0 Å². The first kappa shape index (κ1) is 6.62. The molecule has 0 amide bonds. The molecule has 0 aromatic heterocycles. The van der Waals surface area contributed by atoms with E-state index in [1.165, 1.54) is 19.4 Å². The van der Waals surface area contributed by atoms with Gasteiger partial charge in [0.2, 0.25) is 0 Å². The van der Waals surface area contributed by atoms with Gasteiger partial charge in [0.15, 0.2) is 0 Å². The van der Waals surface area contributed by atoms with Crippen LogP contribution in [0.25, 0.3) is 0 Å². The molecular formula is C8H15NO. The minimum atomic E-state index is -0.273. The molecule has 0 aromatic carbocycles. The molecule has 2 nitrogen and oxygen atoms in total. The summed E-state index contributed by atoms with van der Waals surface area (Å²) in [6.07, 6.45) is 4.53. The van der Waals surface area contributed by atoms with Gasteiger partial charge in [-0.2, -0.15) is 0 Å². The Labute approximate surface area is 61.8 Å². The van der Waals surface area contributed by atoms with Crippen molar-refractivity contribution in [2.75, 3.05) is 13.6 Å². The van der Waals surface area contributed by atoms with Crippen molar-refractivity contribution >= 4 is 0 Å². The second-order valence-electron chi connectivity index (χ2n) is 3.74. The molecule has 1 saturated carbocycles. The van der Waals surface area contributed by atoms with Crippen LogP contribution in [0.2, 0.25) is 0 Å². The minimum absolute atomic E-state index is 0.273. The summed E-state index contributed by atoms with van der Waals surface area (Å²) in [4.78, 5) is 2.30. The van der Waals surface area contributed by atoms with E-state index in [1.54, 1.807) is 0 Å². The Morgan fingerprint density at radius 3 is 2.60 bits per heavy atom. The quantitative estimate of drug-likeness (QED) is 0.578. The van der Waals surface area contributed by atoms with Gasteiger partial charge in [-0.1, -0.05) is 0 Å². The third kappa shape index (κ3) is 0.867. The Bertz CT molecular complexity index is 142.